The van der Waals surface area contributed by atoms with Crippen LogP contribution in [0.25, 0.3) is 0 Å². The van der Waals surface area contributed by atoms with Crippen LogP contribution in [-0.4, -0.2) is 36.1 Å². The van der Waals surface area contributed by atoms with Crippen molar-refractivity contribution >= 4 is 0 Å². The fraction of sp³-hybridized carbons (Fsp3) is 1.00. The Morgan fingerprint density at radius 3 is 2.37 bits per heavy atom. The molecule has 1 heterocycles. The fourth-order valence-corrected chi connectivity index (χ4v) is 3.90. The van der Waals surface area contributed by atoms with Crippen LogP contribution >= 0.6 is 0 Å². The molecule has 2 rings (SSSR count). The number of nitrogens with zero attached hydrogens (tertiary/aromatic N) is 1. The van der Waals surface area contributed by atoms with Crippen molar-refractivity contribution in [3.63, 3.8) is 0 Å². The quantitative estimate of drug-likeness (QED) is 0.835. The van der Waals surface area contributed by atoms with E-state index in [0.29, 0.717) is 6.04 Å². The van der Waals surface area contributed by atoms with Gasteiger partial charge >= 0.3 is 0 Å². The Morgan fingerprint density at radius 2 is 1.79 bits per heavy atom. The summed E-state index contributed by atoms with van der Waals surface area (Å²) in [7, 11) is 0. The van der Waals surface area contributed by atoms with Crippen molar-refractivity contribution in [2.45, 2.75) is 84.3 Å². The zero-order valence-electron chi connectivity index (χ0n) is 13.5. The maximum Gasteiger partial charge on any atom is 0.0249 e. The Kier molecular flexibility index (Phi) is 5.70. The van der Waals surface area contributed by atoms with Crippen molar-refractivity contribution in [1.29, 1.82) is 0 Å². The average Bonchev–Trinajstić information content (AvgIpc) is 2.46. The molecular weight excluding hydrogens is 232 g/mol. The zero-order chi connectivity index (χ0) is 13.8. The summed E-state index contributed by atoms with van der Waals surface area (Å²) < 4.78 is 0. The average molecular weight is 266 g/mol. The molecule has 2 aliphatic rings. The summed E-state index contributed by atoms with van der Waals surface area (Å²) in [6, 6.07) is 2.33. The second-order valence-corrected chi connectivity index (χ2v) is 7.20. The van der Waals surface area contributed by atoms with Crippen molar-refractivity contribution in [1.82, 2.24) is 10.2 Å². The van der Waals surface area contributed by atoms with Gasteiger partial charge in [0.1, 0.15) is 0 Å². The van der Waals surface area contributed by atoms with Gasteiger partial charge in [-0.2, -0.15) is 0 Å². The van der Waals surface area contributed by atoms with Crippen molar-refractivity contribution in [3.8, 4) is 0 Å². The molecule has 1 saturated carbocycles. The Bertz CT molecular complexity index is 258. The highest BCUT2D eigenvalue weighted by atomic mass is 15.3. The smallest absolute Gasteiger partial charge is 0.0249 e. The van der Waals surface area contributed by atoms with E-state index in [2.05, 4.69) is 37.9 Å². The van der Waals surface area contributed by atoms with Crippen LogP contribution in [0.2, 0.25) is 0 Å². The topological polar surface area (TPSA) is 15.3 Å². The lowest BCUT2D eigenvalue weighted by Crippen LogP contribution is -2.62. The van der Waals surface area contributed by atoms with Gasteiger partial charge in [0.15, 0.2) is 0 Å². The van der Waals surface area contributed by atoms with Gasteiger partial charge in [-0.05, 0) is 24.7 Å². The van der Waals surface area contributed by atoms with E-state index in [1.54, 1.807) is 0 Å². The Hall–Kier alpha value is -0.0800. The third kappa shape index (κ3) is 3.72. The van der Waals surface area contributed by atoms with Gasteiger partial charge in [-0.1, -0.05) is 53.4 Å². The minimum atomic E-state index is 0.697. The molecule has 1 N–H and O–H groups in total. The normalized spacial score (nSPS) is 32.7. The summed E-state index contributed by atoms with van der Waals surface area (Å²) in [5, 5.41) is 3.81. The van der Waals surface area contributed by atoms with Crippen LogP contribution in [0.15, 0.2) is 0 Å². The fourth-order valence-electron chi connectivity index (χ4n) is 3.90. The van der Waals surface area contributed by atoms with E-state index < -0.39 is 0 Å². The van der Waals surface area contributed by atoms with Crippen molar-refractivity contribution in [2.24, 2.45) is 11.8 Å². The third-order valence-corrected chi connectivity index (χ3v) is 5.57. The molecule has 0 radical (unpaired) electrons. The largest absolute Gasteiger partial charge is 0.311 e. The number of piperazine rings is 1. The van der Waals surface area contributed by atoms with Gasteiger partial charge < -0.3 is 5.32 Å². The number of nitrogens with one attached hydrogen (secondary N) is 1. The summed E-state index contributed by atoms with van der Waals surface area (Å²) in [6.45, 7) is 12.0. The lowest BCUT2D eigenvalue weighted by molar-refractivity contribution is 0.0261. The molecule has 1 saturated heterocycles. The highest BCUT2D eigenvalue weighted by Crippen LogP contribution is 2.29. The molecule has 0 bridgehead atoms. The molecule has 3 atom stereocenters. The van der Waals surface area contributed by atoms with Gasteiger partial charge in [0.2, 0.25) is 0 Å². The van der Waals surface area contributed by atoms with Crippen LogP contribution in [0.5, 0.6) is 0 Å². The first-order valence-electron chi connectivity index (χ1n) is 8.62. The van der Waals surface area contributed by atoms with E-state index in [-0.39, 0.29) is 0 Å². The number of rotatable bonds is 4. The summed E-state index contributed by atoms with van der Waals surface area (Å²) >= 11 is 0. The van der Waals surface area contributed by atoms with E-state index in [9.17, 15) is 0 Å². The monoisotopic (exact) mass is 266 g/mol. The molecule has 19 heavy (non-hydrogen) atoms. The lowest BCUT2D eigenvalue weighted by Gasteiger charge is -2.49. The molecule has 0 aromatic carbocycles. The second-order valence-electron chi connectivity index (χ2n) is 7.20. The highest BCUT2D eigenvalue weighted by molar-refractivity contribution is 4.93. The summed E-state index contributed by atoms with van der Waals surface area (Å²) in [4.78, 5) is 2.90. The Balaban J connectivity index is 2.05. The van der Waals surface area contributed by atoms with E-state index in [1.807, 2.05) is 0 Å². The predicted octanol–water partition coefficient (Wildman–Crippen LogP) is 3.66. The van der Waals surface area contributed by atoms with Gasteiger partial charge in [0.25, 0.3) is 0 Å². The molecule has 112 valence electrons. The van der Waals surface area contributed by atoms with E-state index >= 15 is 0 Å². The van der Waals surface area contributed by atoms with Gasteiger partial charge in [0.05, 0.1) is 0 Å². The van der Waals surface area contributed by atoms with E-state index in [0.717, 1.165) is 23.9 Å². The number of hydrogen-bond donors (Lipinski definition) is 1. The lowest BCUT2D eigenvalue weighted by atomic mass is 9.86. The predicted molar refractivity (Wildman–Crippen MR) is 83.5 cm³/mol. The molecule has 2 fully saturated rings. The van der Waals surface area contributed by atoms with Crippen LogP contribution in [0.4, 0.5) is 0 Å². The minimum absolute atomic E-state index is 0.697. The molecule has 0 spiro atoms. The maximum atomic E-state index is 3.81. The molecule has 0 aromatic heterocycles. The van der Waals surface area contributed by atoms with Crippen LogP contribution < -0.4 is 5.32 Å². The molecule has 2 nitrogen and oxygen atoms in total. The Labute approximate surface area is 120 Å². The highest BCUT2D eigenvalue weighted by Gasteiger charge is 2.36. The minimum Gasteiger partial charge on any atom is -0.311 e. The van der Waals surface area contributed by atoms with Crippen molar-refractivity contribution < 1.29 is 0 Å². The Morgan fingerprint density at radius 1 is 1.11 bits per heavy atom. The molecule has 0 amide bonds. The molecule has 1 aliphatic carbocycles. The second kappa shape index (κ2) is 7.08. The zero-order valence-corrected chi connectivity index (χ0v) is 13.5. The van der Waals surface area contributed by atoms with E-state index in [4.69, 9.17) is 0 Å². The third-order valence-electron chi connectivity index (χ3n) is 5.57. The number of hydrogen-bond acceptors (Lipinski definition) is 2. The van der Waals surface area contributed by atoms with Crippen LogP contribution in [-0.2, 0) is 0 Å². The summed E-state index contributed by atoms with van der Waals surface area (Å²) in [5.41, 5.74) is 0. The molecule has 0 aromatic rings. The molecule has 1 aliphatic heterocycles. The van der Waals surface area contributed by atoms with Crippen molar-refractivity contribution in [3.05, 3.63) is 0 Å². The summed E-state index contributed by atoms with van der Waals surface area (Å²) in [6.07, 6.45) is 8.56. The van der Waals surface area contributed by atoms with Crippen LogP contribution in [0, 0.1) is 11.8 Å². The van der Waals surface area contributed by atoms with Gasteiger partial charge in [-0.15, -0.1) is 0 Å². The van der Waals surface area contributed by atoms with E-state index in [1.165, 1.54) is 51.6 Å². The van der Waals surface area contributed by atoms with Gasteiger partial charge in [-0.3, -0.25) is 4.90 Å². The standard InChI is InChI=1S/C17H34N2/c1-5-14(4)17-11-18-16(13(2)3)12-19(17)15-9-7-6-8-10-15/h13-18H,5-12H2,1-4H3. The maximum absolute atomic E-state index is 3.81. The SMILES string of the molecule is CCC(C)C1CNC(C(C)C)CN1C1CCCCC1. The van der Waals surface area contributed by atoms with Crippen LogP contribution in [0.1, 0.15) is 66.2 Å². The van der Waals surface area contributed by atoms with Gasteiger partial charge in [-0.25, -0.2) is 0 Å². The molecule has 2 heteroatoms. The first-order valence-corrected chi connectivity index (χ1v) is 8.62. The first-order chi connectivity index (χ1) is 9.13. The van der Waals surface area contributed by atoms with Gasteiger partial charge in [0, 0.05) is 31.2 Å². The molecule has 3 unspecified atom stereocenters. The molecular formula is C17H34N2. The summed E-state index contributed by atoms with van der Waals surface area (Å²) in [5.74, 6) is 1.58. The van der Waals surface area contributed by atoms with Crippen molar-refractivity contribution in [2.75, 3.05) is 13.1 Å². The van der Waals surface area contributed by atoms with Crippen LogP contribution in [0.3, 0.4) is 0 Å². The first kappa shape index (κ1) is 15.3.